The predicted molar refractivity (Wildman–Crippen MR) is 74.9 cm³/mol. The first-order chi connectivity index (χ1) is 8.69. The van der Waals surface area contributed by atoms with Gasteiger partial charge in [0.05, 0.1) is 12.1 Å². The second-order valence-electron chi connectivity index (χ2n) is 5.44. The van der Waals surface area contributed by atoms with Gasteiger partial charge in [0, 0.05) is 11.3 Å². The molecular weight excluding hydrogens is 248 g/mol. The Hall–Kier alpha value is -0.420. The molecule has 5 heteroatoms. The van der Waals surface area contributed by atoms with Gasteiger partial charge in [-0.3, -0.25) is 0 Å². The number of rotatable bonds is 3. The number of thioether (sulfide) groups is 1. The van der Waals surface area contributed by atoms with Crippen LogP contribution < -0.4 is 10.6 Å². The van der Waals surface area contributed by atoms with E-state index in [1.807, 2.05) is 11.8 Å². The molecule has 0 radical (unpaired) electrons. The highest BCUT2D eigenvalue weighted by atomic mass is 32.2. The maximum absolute atomic E-state index is 11.9. The van der Waals surface area contributed by atoms with E-state index in [1.54, 1.807) is 0 Å². The van der Waals surface area contributed by atoms with Gasteiger partial charge in [-0.1, -0.05) is 12.8 Å². The molecule has 2 amide bonds. The van der Waals surface area contributed by atoms with E-state index in [-0.39, 0.29) is 18.2 Å². The SMILES string of the molecule is CS[C@H]1CC[C@H](NC(=O)N[C@@H]2CCCC[C@@H]2O)C1. The summed E-state index contributed by atoms with van der Waals surface area (Å²) in [6, 6.07) is 0.146. The molecule has 0 aromatic rings. The first-order valence-electron chi connectivity index (χ1n) is 6.97. The van der Waals surface area contributed by atoms with Crippen LogP contribution in [-0.4, -0.2) is 40.8 Å². The Morgan fingerprint density at radius 2 is 1.94 bits per heavy atom. The van der Waals surface area contributed by atoms with Gasteiger partial charge in [0.1, 0.15) is 0 Å². The van der Waals surface area contributed by atoms with Crippen LogP contribution in [0.2, 0.25) is 0 Å². The summed E-state index contributed by atoms with van der Waals surface area (Å²) >= 11 is 1.89. The lowest BCUT2D eigenvalue weighted by atomic mass is 9.93. The second kappa shape index (κ2) is 6.66. The minimum absolute atomic E-state index is 0.0588. The Balaban J connectivity index is 1.71. The van der Waals surface area contributed by atoms with E-state index in [4.69, 9.17) is 0 Å². The predicted octanol–water partition coefficient (Wildman–Crippen LogP) is 1.87. The molecular formula is C13H24N2O2S. The number of hydrogen-bond donors (Lipinski definition) is 3. The first-order valence-corrected chi connectivity index (χ1v) is 8.25. The Kier molecular flexibility index (Phi) is 5.18. The van der Waals surface area contributed by atoms with Crippen LogP contribution >= 0.6 is 11.8 Å². The van der Waals surface area contributed by atoms with Crippen LogP contribution in [0.3, 0.4) is 0 Å². The smallest absolute Gasteiger partial charge is 0.315 e. The van der Waals surface area contributed by atoms with Gasteiger partial charge in [-0.2, -0.15) is 11.8 Å². The molecule has 2 saturated carbocycles. The van der Waals surface area contributed by atoms with Gasteiger partial charge in [-0.25, -0.2) is 4.79 Å². The van der Waals surface area contributed by atoms with Gasteiger partial charge < -0.3 is 15.7 Å². The van der Waals surface area contributed by atoms with E-state index in [0.29, 0.717) is 11.3 Å². The summed E-state index contributed by atoms with van der Waals surface area (Å²) in [5.41, 5.74) is 0. The normalized spacial score (nSPS) is 36.3. The summed E-state index contributed by atoms with van der Waals surface area (Å²) in [5, 5.41) is 16.5. The monoisotopic (exact) mass is 272 g/mol. The fraction of sp³-hybridized carbons (Fsp3) is 0.923. The Bertz CT molecular complexity index is 288. The third-order valence-electron chi connectivity index (χ3n) is 4.10. The molecule has 0 aromatic heterocycles. The number of hydrogen-bond acceptors (Lipinski definition) is 3. The number of carbonyl (C=O) groups is 1. The zero-order valence-corrected chi connectivity index (χ0v) is 11.8. The second-order valence-corrected chi connectivity index (χ2v) is 6.58. The Morgan fingerprint density at radius 3 is 2.61 bits per heavy atom. The van der Waals surface area contributed by atoms with Crippen molar-refractivity contribution in [2.24, 2.45) is 0 Å². The molecule has 3 N–H and O–H groups in total. The van der Waals surface area contributed by atoms with Crippen LogP contribution in [0.15, 0.2) is 0 Å². The highest BCUT2D eigenvalue weighted by Crippen LogP contribution is 2.28. The van der Waals surface area contributed by atoms with Crippen molar-refractivity contribution in [1.29, 1.82) is 0 Å². The maximum Gasteiger partial charge on any atom is 0.315 e. The van der Waals surface area contributed by atoms with E-state index < -0.39 is 0 Å². The largest absolute Gasteiger partial charge is 0.391 e. The third-order valence-corrected chi connectivity index (χ3v) is 5.19. The fourth-order valence-corrected chi connectivity index (χ4v) is 3.76. The number of carbonyl (C=O) groups excluding carboxylic acids is 1. The lowest BCUT2D eigenvalue weighted by molar-refractivity contribution is 0.0940. The summed E-state index contributed by atoms with van der Waals surface area (Å²) < 4.78 is 0. The van der Waals surface area contributed by atoms with Crippen LogP contribution in [0.1, 0.15) is 44.9 Å². The van der Waals surface area contributed by atoms with Crippen molar-refractivity contribution in [1.82, 2.24) is 10.6 Å². The maximum atomic E-state index is 11.9. The van der Waals surface area contributed by atoms with Gasteiger partial charge in [-0.15, -0.1) is 0 Å². The van der Waals surface area contributed by atoms with E-state index in [2.05, 4.69) is 16.9 Å². The van der Waals surface area contributed by atoms with Crippen LogP contribution in [-0.2, 0) is 0 Å². The average molecular weight is 272 g/mol. The van der Waals surface area contributed by atoms with Gasteiger partial charge in [0.25, 0.3) is 0 Å². The first kappa shape index (κ1) is 14.0. The molecule has 0 aliphatic heterocycles. The highest BCUT2D eigenvalue weighted by Gasteiger charge is 2.28. The van der Waals surface area contributed by atoms with Crippen molar-refractivity contribution in [3.05, 3.63) is 0 Å². The molecule has 0 heterocycles. The molecule has 0 aromatic carbocycles. The van der Waals surface area contributed by atoms with Gasteiger partial charge >= 0.3 is 6.03 Å². The molecule has 2 aliphatic rings. The summed E-state index contributed by atoms with van der Waals surface area (Å²) in [6.07, 6.45) is 8.97. The van der Waals surface area contributed by atoms with Crippen molar-refractivity contribution in [3.8, 4) is 0 Å². The zero-order chi connectivity index (χ0) is 13.0. The van der Waals surface area contributed by atoms with E-state index in [9.17, 15) is 9.90 Å². The molecule has 4 nitrogen and oxygen atoms in total. The number of aliphatic hydroxyl groups is 1. The van der Waals surface area contributed by atoms with Crippen LogP contribution in [0.4, 0.5) is 4.79 Å². The molecule has 2 fully saturated rings. The highest BCUT2D eigenvalue weighted by molar-refractivity contribution is 7.99. The van der Waals surface area contributed by atoms with E-state index >= 15 is 0 Å². The third kappa shape index (κ3) is 3.79. The van der Waals surface area contributed by atoms with Crippen molar-refractivity contribution in [2.45, 2.75) is 68.4 Å². The zero-order valence-electron chi connectivity index (χ0n) is 11.0. The molecule has 4 atom stereocenters. The van der Waals surface area contributed by atoms with E-state index in [0.717, 1.165) is 38.5 Å². The standard InChI is InChI=1S/C13H24N2O2S/c1-18-10-7-6-9(8-10)14-13(17)15-11-4-2-3-5-12(11)16/h9-12,16H,2-8H2,1H3,(H2,14,15,17)/t9-,10-,11+,12-/m0/s1. The van der Waals surface area contributed by atoms with Crippen molar-refractivity contribution in [2.75, 3.05) is 6.26 Å². The molecule has 0 spiro atoms. The molecule has 104 valence electrons. The molecule has 18 heavy (non-hydrogen) atoms. The quantitative estimate of drug-likeness (QED) is 0.735. The molecule has 0 bridgehead atoms. The van der Waals surface area contributed by atoms with Crippen molar-refractivity contribution in [3.63, 3.8) is 0 Å². The summed E-state index contributed by atoms with van der Waals surface area (Å²) in [6.45, 7) is 0. The van der Waals surface area contributed by atoms with Crippen LogP contribution in [0.25, 0.3) is 0 Å². The lowest BCUT2D eigenvalue weighted by Crippen LogP contribution is -2.50. The summed E-state index contributed by atoms with van der Waals surface area (Å²) in [4.78, 5) is 11.9. The molecule has 0 unspecified atom stereocenters. The number of urea groups is 1. The number of nitrogens with one attached hydrogen (secondary N) is 2. The Labute approximate surface area is 113 Å². The summed E-state index contributed by atoms with van der Waals surface area (Å²) in [5.74, 6) is 0. The fourth-order valence-electron chi connectivity index (χ4n) is 2.96. The lowest BCUT2D eigenvalue weighted by Gasteiger charge is -2.28. The molecule has 2 aliphatic carbocycles. The van der Waals surface area contributed by atoms with Gasteiger partial charge in [-0.05, 0) is 38.4 Å². The van der Waals surface area contributed by atoms with Crippen LogP contribution in [0, 0.1) is 0 Å². The number of amides is 2. The van der Waals surface area contributed by atoms with E-state index in [1.165, 1.54) is 6.42 Å². The van der Waals surface area contributed by atoms with Crippen LogP contribution in [0.5, 0.6) is 0 Å². The van der Waals surface area contributed by atoms with Crippen molar-refractivity contribution >= 4 is 17.8 Å². The average Bonchev–Trinajstić information content (AvgIpc) is 2.80. The molecule has 2 rings (SSSR count). The van der Waals surface area contributed by atoms with Crippen molar-refractivity contribution < 1.29 is 9.90 Å². The molecule has 0 saturated heterocycles. The summed E-state index contributed by atoms with van der Waals surface area (Å²) in [7, 11) is 0. The topological polar surface area (TPSA) is 61.4 Å². The minimum Gasteiger partial charge on any atom is -0.391 e. The Morgan fingerprint density at radius 1 is 1.17 bits per heavy atom. The van der Waals surface area contributed by atoms with Gasteiger partial charge in [0.2, 0.25) is 0 Å². The van der Waals surface area contributed by atoms with Gasteiger partial charge in [0.15, 0.2) is 0 Å². The number of aliphatic hydroxyl groups excluding tert-OH is 1. The minimum atomic E-state index is -0.368.